The Morgan fingerprint density at radius 2 is 1.77 bits per heavy atom. The van der Waals surface area contributed by atoms with E-state index in [9.17, 15) is 0 Å². The summed E-state index contributed by atoms with van der Waals surface area (Å²) in [7, 11) is 0. The van der Waals surface area contributed by atoms with Crippen LogP contribution in [0.25, 0.3) is 11.3 Å². The molecule has 4 rings (SSSR count). The SMILES string of the molecule is C1CCCN(c2nc3nonc3nc2NC2CCOC2)CC1. The normalized spacial score (nSPS) is 22.9. The van der Waals surface area contributed by atoms with Gasteiger partial charge in [0.15, 0.2) is 11.6 Å². The molecule has 2 saturated heterocycles. The van der Waals surface area contributed by atoms with Crippen molar-refractivity contribution in [3.63, 3.8) is 0 Å². The summed E-state index contributed by atoms with van der Waals surface area (Å²) in [6, 6.07) is 0.275. The predicted molar refractivity (Wildman–Crippen MR) is 80.9 cm³/mol. The molecular formula is C14H20N6O2. The number of nitrogens with zero attached hydrogens (tertiary/aromatic N) is 5. The van der Waals surface area contributed by atoms with E-state index in [2.05, 4.69) is 30.5 Å². The third kappa shape index (κ3) is 2.70. The van der Waals surface area contributed by atoms with Crippen LogP contribution in [-0.4, -0.2) is 52.6 Å². The predicted octanol–water partition coefficient (Wildman–Crippen LogP) is 1.59. The lowest BCUT2D eigenvalue weighted by Gasteiger charge is -2.24. The van der Waals surface area contributed by atoms with E-state index < -0.39 is 0 Å². The molecule has 4 heterocycles. The maximum atomic E-state index is 5.44. The number of nitrogens with one attached hydrogen (secondary N) is 1. The van der Waals surface area contributed by atoms with Crippen molar-refractivity contribution in [2.24, 2.45) is 0 Å². The standard InChI is InChI=1S/C14H20N6O2/c1-2-4-7-20(6-3-1)14-13(15-10-5-8-21-9-10)16-11-12(17-14)19-22-18-11/h10H,1-9H2,(H,15,16,18). The third-order valence-corrected chi connectivity index (χ3v) is 4.27. The smallest absolute Gasteiger partial charge is 0.245 e. The number of hydrogen-bond donors (Lipinski definition) is 1. The molecule has 1 unspecified atom stereocenters. The first-order chi connectivity index (χ1) is 10.9. The largest absolute Gasteiger partial charge is 0.379 e. The van der Waals surface area contributed by atoms with Crippen LogP contribution in [-0.2, 0) is 4.74 Å². The Labute approximate surface area is 128 Å². The number of ether oxygens (including phenoxy) is 1. The lowest BCUT2D eigenvalue weighted by Crippen LogP contribution is -2.28. The van der Waals surface area contributed by atoms with Crippen LogP contribution in [0.4, 0.5) is 11.6 Å². The molecule has 0 spiro atoms. The molecule has 2 aliphatic heterocycles. The number of fused-ring (bicyclic) bond motifs is 1. The topological polar surface area (TPSA) is 89.2 Å². The molecule has 0 saturated carbocycles. The van der Waals surface area contributed by atoms with Crippen LogP contribution in [0.5, 0.6) is 0 Å². The van der Waals surface area contributed by atoms with Crippen molar-refractivity contribution in [2.75, 3.05) is 36.5 Å². The monoisotopic (exact) mass is 304 g/mol. The first-order valence-electron chi connectivity index (χ1n) is 8.00. The molecule has 2 aromatic rings. The fraction of sp³-hybridized carbons (Fsp3) is 0.714. The second-order valence-electron chi connectivity index (χ2n) is 5.91. The second kappa shape index (κ2) is 6.04. The van der Waals surface area contributed by atoms with Gasteiger partial charge in [-0.3, -0.25) is 0 Å². The molecule has 8 heteroatoms. The Morgan fingerprint density at radius 1 is 1.00 bits per heavy atom. The highest BCUT2D eigenvalue weighted by Crippen LogP contribution is 2.27. The van der Waals surface area contributed by atoms with Crippen molar-refractivity contribution in [3.8, 4) is 0 Å². The zero-order chi connectivity index (χ0) is 14.8. The van der Waals surface area contributed by atoms with Crippen LogP contribution in [0, 0.1) is 0 Å². The van der Waals surface area contributed by atoms with E-state index in [4.69, 9.17) is 9.37 Å². The van der Waals surface area contributed by atoms with Crippen LogP contribution in [0.1, 0.15) is 32.1 Å². The Kier molecular flexibility index (Phi) is 3.75. The molecule has 2 fully saturated rings. The average molecular weight is 304 g/mol. The van der Waals surface area contributed by atoms with E-state index in [1.54, 1.807) is 0 Å². The van der Waals surface area contributed by atoms with Crippen molar-refractivity contribution in [2.45, 2.75) is 38.1 Å². The molecule has 0 radical (unpaired) electrons. The minimum atomic E-state index is 0.275. The van der Waals surface area contributed by atoms with E-state index in [0.717, 1.165) is 37.8 Å². The molecule has 0 aliphatic carbocycles. The summed E-state index contributed by atoms with van der Waals surface area (Å²) in [4.78, 5) is 11.5. The second-order valence-corrected chi connectivity index (χ2v) is 5.91. The number of rotatable bonds is 3. The van der Waals surface area contributed by atoms with Gasteiger partial charge in [0.05, 0.1) is 12.6 Å². The van der Waals surface area contributed by atoms with Gasteiger partial charge in [0.25, 0.3) is 0 Å². The van der Waals surface area contributed by atoms with Gasteiger partial charge in [-0.25, -0.2) is 14.6 Å². The van der Waals surface area contributed by atoms with Crippen molar-refractivity contribution < 1.29 is 9.37 Å². The van der Waals surface area contributed by atoms with E-state index in [0.29, 0.717) is 17.9 Å². The zero-order valence-corrected chi connectivity index (χ0v) is 12.5. The van der Waals surface area contributed by atoms with Gasteiger partial charge in [0.2, 0.25) is 11.3 Å². The Balaban J connectivity index is 1.68. The maximum Gasteiger partial charge on any atom is 0.245 e. The van der Waals surface area contributed by atoms with Gasteiger partial charge in [-0.15, -0.1) is 0 Å². The Hall–Kier alpha value is -1.96. The molecule has 22 heavy (non-hydrogen) atoms. The molecule has 0 aromatic carbocycles. The summed E-state index contributed by atoms with van der Waals surface area (Å²) in [5, 5.41) is 11.1. The molecule has 8 nitrogen and oxygen atoms in total. The quantitative estimate of drug-likeness (QED) is 0.914. The van der Waals surface area contributed by atoms with Gasteiger partial charge in [-0.05, 0) is 29.6 Å². The van der Waals surface area contributed by atoms with Crippen LogP contribution in [0.15, 0.2) is 4.63 Å². The highest BCUT2D eigenvalue weighted by molar-refractivity contribution is 5.74. The minimum Gasteiger partial charge on any atom is -0.379 e. The Morgan fingerprint density at radius 3 is 2.50 bits per heavy atom. The highest BCUT2D eigenvalue weighted by Gasteiger charge is 2.23. The summed E-state index contributed by atoms with van der Waals surface area (Å²) in [6.07, 6.45) is 5.90. The fourth-order valence-electron chi connectivity index (χ4n) is 3.07. The van der Waals surface area contributed by atoms with Crippen LogP contribution in [0.2, 0.25) is 0 Å². The van der Waals surface area contributed by atoms with E-state index in [1.165, 1.54) is 25.7 Å². The third-order valence-electron chi connectivity index (χ3n) is 4.27. The van der Waals surface area contributed by atoms with Gasteiger partial charge >= 0.3 is 0 Å². The number of aromatic nitrogens is 4. The molecule has 2 aromatic heterocycles. The highest BCUT2D eigenvalue weighted by atomic mass is 16.6. The molecule has 0 bridgehead atoms. The molecule has 1 atom stereocenters. The first-order valence-corrected chi connectivity index (χ1v) is 8.00. The van der Waals surface area contributed by atoms with Gasteiger partial charge in [-0.2, -0.15) is 0 Å². The zero-order valence-electron chi connectivity index (χ0n) is 12.5. The lowest BCUT2D eigenvalue weighted by molar-refractivity contribution is 0.195. The molecule has 1 N–H and O–H groups in total. The van der Waals surface area contributed by atoms with E-state index in [1.807, 2.05) is 0 Å². The lowest BCUT2D eigenvalue weighted by atomic mass is 10.2. The molecule has 118 valence electrons. The summed E-state index contributed by atoms with van der Waals surface area (Å²) in [5.41, 5.74) is 0.910. The van der Waals surface area contributed by atoms with Crippen LogP contribution < -0.4 is 10.2 Å². The van der Waals surface area contributed by atoms with E-state index in [-0.39, 0.29) is 6.04 Å². The van der Waals surface area contributed by atoms with Gasteiger partial charge in [0, 0.05) is 19.7 Å². The minimum absolute atomic E-state index is 0.275. The first kappa shape index (κ1) is 13.7. The summed E-state index contributed by atoms with van der Waals surface area (Å²) in [6.45, 7) is 3.50. The average Bonchev–Trinajstić information content (AvgIpc) is 3.12. The van der Waals surface area contributed by atoms with Gasteiger partial charge in [0.1, 0.15) is 0 Å². The van der Waals surface area contributed by atoms with Crippen LogP contribution >= 0.6 is 0 Å². The molecule has 0 amide bonds. The molecular weight excluding hydrogens is 284 g/mol. The van der Waals surface area contributed by atoms with Gasteiger partial charge in [-0.1, -0.05) is 12.8 Å². The molecule has 2 aliphatic rings. The van der Waals surface area contributed by atoms with Crippen LogP contribution in [0.3, 0.4) is 0 Å². The maximum absolute atomic E-state index is 5.44. The summed E-state index contributed by atoms with van der Waals surface area (Å²) < 4.78 is 10.2. The van der Waals surface area contributed by atoms with Gasteiger partial charge < -0.3 is 15.0 Å². The summed E-state index contributed by atoms with van der Waals surface area (Å²) in [5.74, 6) is 1.62. The van der Waals surface area contributed by atoms with Crippen molar-refractivity contribution >= 4 is 22.9 Å². The number of anilines is 2. The van der Waals surface area contributed by atoms with E-state index >= 15 is 0 Å². The summed E-state index contributed by atoms with van der Waals surface area (Å²) >= 11 is 0. The number of hydrogen-bond acceptors (Lipinski definition) is 8. The fourth-order valence-corrected chi connectivity index (χ4v) is 3.07. The Bertz CT molecular complexity index is 631. The van der Waals surface area contributed by atoms with Crippen molar-refractivity contribution in [1.29, 1.82) is 0 Å². The van der Waals surface area contributed by atoms with Crippen molar-refractivity contribution in [1.82, 2.24) is 20.3 Å². The van der Waals surface area contributed by atoms with Crippen molar-refractivity contribution in [3.05, 3.63) is 0 Å².